The van der Waals surface area contributed by atoms with Gasteiger partial charge in [0.2, 0.25) is 5.91 Å². The molecule has 0 spiro atoms. The minimum absolute atomic E-state index is 0.0558. The summed E-state index contributed by atoms with van der Waals surface area (Å²) in [4.78, 5) is 44.3. The highest BCUT2D eigenvalue weighted by atomic mass is 16.2. The third-order valence-electron chi connectivity index (χ3n) is 5.92. The molecule has 1 aromatic carbocycles. The zero-order valence-electron chi connectivity index (χ0n) is 17.6. The van der Waals surface area contributed by atoms with E-state index in [-0.39, 0.29) is 30.4 Å². The predicted octanol–water partition coefficient (Wildman–Crippen LogP) is 3.06. The fourth-order valence-corrected chi connectivity index (χ4v) is 3.92. The summed E-state index contributed by atoms with van der Waals surface area (Å²) >= 11 is 0. The van der Waals surface area contributed by atoms with Crippen LogP contribution in [0, 0.1) is 0 Å². The second kappa shape index (κ2) is 8.68. The number of nitrogens with zero attached hydrogens (tertiary/aromatic N) is 2. The van der Waals surface area contributed by atoms with Crippen molar-refractivity contribution < 1.29 is 14.4 Å². The molecule has 0 unspecified atom stereocenters. The molecule has 3 rings (SSSR count). The van der Waals surface area contributed by atoms with Gasteiger partial charge in [0.1, 0.15) is 12.6 Å². The first-order valence-electron chi connectivity index (χ1n) is 10.3. The van der Waals surface area contributed by atoms with E-state index >= 15 is 0 Å². The van der Waals surface area contributed by atoms with E-state index in [1.807, 2.05) is 58.2 Å². The van der Waals surface area contributed by atoms with Crippen LogP contribution in [0.5, 0.6) is 0 Å². The van der Waals surface area contributed by atoms with Gasteiger partial charge in [-0.2, -0.15) is 0 Å². The van der Waals surface area contributed by atoms with E-state index in [9.17, 15) is 14.4 Å². The zero-order valence-corrected chi connectivity index (χ0v) is 17.6. The van der Waals surface area contributed by atoms with Crippen LogP contribution < -0.4 is 5.32 Å². The molecule has 1 aliphatic rings. The van der Waals surface area contributed by atoms with Crippen LogP contribution in [0.15, 0.2) is 30.5 Å². The summed E-state index contributed by atoms with van der Waals surface area (Å²) in [6, 6.07) is 6.80. The number of hydrogen-bond acceptors (Lipinski definition) is 3. The summed E-state index contributed by atoms with van der Waals surface area (Å²) in [6.45, 7) is 7.83. The summed E-state index contributed by atoms with van der Waals surface area (Å²) in [6.07, 6.45) is 3.89. The minimum atomic E-state index is -0.657. The maximum Gasteiger partial charge on any atom is 0.325 e. The molecule has 0 bridgehead atoms. The van der Waals surface area contributed by atoms with E-state index in [2.05, 4.69) is 10.3 Å². The number of rotatable bonds is 8. The Morgan fingerprint density at radius 2 is 1.79 bits per heavy atom. The van der Waals surface area contributed by atoms with Crippen molar-refractivity contribution in [1.82, 2.24) is 20.1 Å². The third-order valence-corrected chi connectivity index (χ3v) is 5.92. The van der Waals surface area contributed by atoms with E-state index in [0.717, 1.165) is 34.2 Å². The normalized spacial score (nSPS) is 18.8. The summed E-state index contributed by atoms with van der Waals surface area (Å²) in [5.74, 6) is -0.535. The monoisotopic (exact) mass is 398 g/mol. The van der Waals surface area contributed by atoms with Crippen molar-refractivity contribution in [3.8, 4) is 0 Å². The Balaban J connectivity index is 1.72. The topological polar surface area (TPSA) is 85.5 Å². The number of para-hydroxylation sites is 1. The number of H-pyrrole nitrogens is 1. The Morgan fingerprint density at radius 3 is 2.45 bits per heavy atom. The van der Waals surface area contributed by atoms with Crippen molar-refractivity contribution in [1.29, 1.82) is 0 Å². The van der Waals surface area contributed by atoms with Crippen LogP contribution in [-0.4, -0.2) is 57.3 Å². The Bertz CT molecular complexity index is 896. The van der Waals surface area contributed by atoms with E-state index in [1.165, 1.54) is 0 Å². The smallest absolute Gasteiger partial charge is 0.325 e. The SMILES string of the molecule is CC[C@H](C)N(C(=O)CN1C(=O)N[C@H](Cc2c[nH]c3ccccc23)C1=O)[C@@H](C)CC. The Hall–Kier alpha value is -2.83. The molecule has 3 atom stereocenters. The molecule has 156 valence electrons. The van der Waals surface area contributed by atoms with Crippen molar-refractivity contribution in [2.75, 3.05) is 6.54 Å². The molecule has 1 fully saturated rings. The Morgan fingerprint density at radius 1 is 1.14 bits per heavy atom. The number of aromatic amines is 1. The third kappa shape index (κ3) is 4.13. The lowest BCUT2D eigenvalue weighted by molar-refractivity contribution is -0.140. The van der Waals surface area contributed by atoms with Crippen molar-refractivity contribution in [2.45, 2.75) is 65.1 Å². The van der Waals surface area contributed by atoms with Gasteiger partial charge in [0.15, 0.2) is 0 Å². The van der Waals surface area contributed by atoms with E-state index < -0.39 is 12.1 Å². The number of aromatic nitrogens is 1. The van der Waals surface area contributed by atoms with Gasteiger partial charge in [0, 0.05) is 35.6 Å². The largest absolute Gasteiger partial charge is 0.361 e. The minimum Gasteiger partial charge on any atom is -0.361 e. The van der Waals surface area contributed by atoms with Gasteiger partial charge in [0.25, 0.3) is 5.91 Å². The zero-order chi connectivity index (χ0) is 21.1. The molecular formula is C22H30N4O3. The fourth-order valence-electron chi connectivity index (χ4n) is 3.92. The van der Waals surface area contributed by atoms with Crippen LogP contribution in [0.1, 0.15) is 46.1 Å². The lowest BCUT2D eigenvalue weighted by Crippen LogP contribution is -2.50. The summed E-state index contributed by atoms with van der Waals surface area (Å²) in [5, 5.41) is 3.77. The maximum atomic E-state index is 12.9. The molecule has 1 aliphatic heterocycles. The first kappa shape index (κ1) is 20.9. The highest BCUT2D eigenvalue weighted by Crippen LogP contribution is 2.21. The molecule has 7 heteroatoms. The van der Waals surface area contributed by atoms with Crippen LogP contribution >= 0.6 is 0 Å². The summed E-state index contributed by atoms with van der Waals surface area (Å²) < 4.78 is 0. The first-order chi connectivity index (χ1) is 13.9. The van der Waals surface area contributed by atoms with E-state index in [0.29, 0.717) is 6.42 Å². The molecule has 4 amide bonds. The molecule has 1 aromatic heterocycles. The fraction of sp³-hybridized carbons (Fsp3) is 0.500. The maximum absolute atomic E-state index is 12.9. The number of benzene rings is 1. The number of nitrogens with one attached hydrogen (secondary N) is 2. The number of amides is 4. The van der Waals surface area contributed by atoms with Crippen molar-refractivity contribution in [3.05, 3.63) is 36.0 Å². The highest BCUT2D eigenvalue weighted by Gasteiger charge is 2.40. The van der Waals surface area contributed by atoms with Gasteiger partial charge in [-0.25, -0.2) is 4.79 Å². The van der Waals surface area contributed by atoms with Gasteiger partial charge >= 0.3 is 6.03 Å². The molecule has 0 aliphatic carbocycles. The number of carbonyl (C=O) groups is 3. The van der Waals surface area contributed by atoms with Gasteiger partial charge in [-0.1, -0.05) is 32.0 Å². The predicted molar refractivity (Wildman–Crippen MR) is 112 cm³/mol. The average molecular weight is 399 g/mol. The number of urea groups is 1. The summed E-state index contributed by atoms with van der Waals surface area (Å²) in [5.41, 5.74) is 1.96. The highest BCUT2D eigenvalue weighted by molar-refractivity contribution is 6.06. The quantitative estimate of drug-likeness (QED) is 0.670. The molecular weight excluding hydrogens is 368 g/mol. The summed E-state index contributed by atoms with van der Waals surface area (Å²) in [7, 11) is 0. The molecule has 1 saturated heterocycles. The van der Waals surface area contributed by atoms with Crippen molar-refractivity contribution >= 4 is 28.7 Å². The number of hydrogen-bond donors (Lipinski definition) is 2. The van der Waals surface area contributed by atoms with Gasteiger partial charge in [-0.3, -0.25) is 14.5 Å². The van der Waals surface area contributed by atoms with Crippen molar-refractivity contribution in [2.24, 2.45) is 0 Å². The van der Waals surface area contributed by atoms with Crippen LogP contribution in [0.4, 0.5) is 4.79 Å². The van der Waals surface area contributed by atoms with Crippen LogP contribution in [0.3, 0.4) is 0 Å². The van der Waals surface area contributed by atoms with Gasteiger partial charge in [-0.05, 0) is 38.3 Å². The van der Waals surface area contributed by atoms with E-state index in [4.69, 9.17) is 0 Å². The van der Waals surface area contributed by atoms with Crippen LogP contribution in [-0.2, 0) is 16.0 Å². The second-order valence-electron chi connectivity index (χ2n) is 7.81. The van der Waals surface area contributed by atoms with Gasteiger partial charge in [-0.15, -0.1) is 0 Å². The molecule has 0 saturated carbocycles. The standard InChI is InChI=1S/C22H30N4O3/c1-5-14(3)26(15(4)6-2)20(27)13-25-21(28)19(24-22(25)29)11-16-12-23-18-10-8-7-9-17(16)18/h7-10,12,14-15,19,23H,5-6,11,13H2,1-4H3,(H,24,29)/t14-,15-,19+/m0/s1. The van der Waals surface area contributed by atoms with Crippen molar-refractivity contribution in [3.63, 3.8) is 0 Å². The number of imide groups is 1. The van der Waals surface area contributed by atoms with Gasteiger partial charge < -0.3 is 15.2 Å². The average Bonchev–Trinajstić information content (AvgIpc) is 3.24. The molecule has 2 N–H and O–H groups in total. The van der Waals surface area contributed by atoms with Crippen LogP contribution in [0.2, 0.25) is 0 Å². The first-order valence-corrected chi connectivity index (χ1v) is 10.3. The molecule has 0 radical (unpaired) electrons. The molecule has 2 heterocycles. The molecule has 7 nitrogen and oxygen atoms in total. The number of fused-ring (bicyclic) bond motifs is 1. The molecule has 2 aromatic rings. The van der Waals surface area contributed by atoms with Crippen LogP contribution in [0.25, 0.3) is 10.9 Å². The van der Waals surface area contributed by atoms with Gasteiger partial charge in [0.05, 0.1) is 0 Å². The second-order valence-corrected chi connectivity index (χ2v) is 7.81. The Kier molecular flexibility index (Phi) is 6.25. The molecule has 29 heavy (non-hydrogen) atoms. The Labute approximate surface area is 171 Å². The lowest BCUT2D eigenvalue weighted by Gasteiger charge is -2.34. The van der Waals surface area contributed by atoms with E-state index in [1.54, 1.807) is 4.90 Å². The lowest BCUT2D eigenvalue weighted by atomic mass is 10.1. The number of carbonyl (C=O) groups excluding carboxylic acids is 3.